The summed E-state index contributed by atoms with van der Waals surface area (Å²) in [5.41, 5.74) is 2.53. The molecule has 0 unspecified atom stereocenters. The van der Waals surface area contributed by atoms with Crippen LogP contribution in [0.15, 0.2) is 60.1 Å². The molecule has 1 aliphatic heterocycles. The normalized spacial score (nSPS) is 15.0. The molecule has 1 atom stereocenters. The molecule has 3 aromatic rings. The Kier molecular flexibility index (Phi) is 5.48. The molecule has 1 aliphatic rings. The van der Waals surface area contributed by atoms with Crippen LogP contribution in [0.3, 0.4) is 0 Å². The number of nitrogens with one attached hydrogen (secondary N) is 2. The van der Waals surface area contributed by atoms with Crippen LogP contribution in [0, 0.1) is 0 Å². The predicted molar refractivity (Wildman–Crippen MR) is 116 cm³/mol. The smallest absolute Gasteiger partial charge is 0.255 e. The number of para-hydroxylation sites is 1. The number of methoxy groups -OCH3 is 3. The Morgan fingerprint density at radius 2 is 1.84 bits per heavy atom. The van der Waals surface area contributed by atoms with Crippen LogP contribution in [-0.4, -0.2) is 42.0 Å². The average Bonchev–Trinajstić information content (AvgIpc) is 3.25. The molecule has 0 fully saturated rings. The van der Waals surface area contributed by atoms with Crippen LogP contribution in [0.5, 0.6) is 17.2 Å². The summed E-state index contributed by atoms with van der Waals surface area (Å²) in [4.78, 5) is 17.7. The second kappa shape index (κ2) is 8.39. The van der Waals surface area contributed by atoms with Gasteiger partial charge in [0, 0.05) is 16.9 Å². The zero-order valence-corrected chi connectivity index (χ0v) is 17.7. The van der Waals surface area contributed by atoms with Gasteiger partial charge in [-0.1, -0.05) is 12.1 Å². The Balaban J connectivity index is 1.79. The number of fused-ring (bicyclic) bond motifs is 1. The third-order valence-corrected chi connectivity index (χ3v) is 5.11. The van der Waals surface area contributed by atoms with E-state index in [4.69, 9.17) is 14.2 Å². The van der Waals surface area contributed by atoms with Crippen LogP contribution in [0.2, 0.25) is 0 Å². The molecular formula is C22H23N5O4. The first-order chi connectivity index (χ1) is 15.1. The minimum absolute atomic E-state index is 0.272. The Bertz CT molecular complexity index is 1140. The highest BCUT2D eigenvalue weighted by Gasteiger charge is 2.35. The maximum Gasteiger partial charge on any atom is 0.255 e. The first-order valence-electron chi connectivity index (χ1n) is 9.61. The summed E-state index contributed by atoms with van der Waals surface area (Å²) in [7, 11) is 4.74. The fraction of sp³-hybridized carbons (Fsp3) is 0.227. The molecule has 0 spiro atoms. The molecule has 0 saturated carbocycles. The highest BCUT2D eigenvalue weighted by atomic mass is 16.5. The zero-order valence-electron chi connectivity index (χ0n) is 17.7. The van der Waals surface area contributed by atoms with Gasteiger partial charge in [0.15, 0.2) is 11.5 Å². The standard InChI is InChI=1S/C22H23N5O4/c1-13-18(21(28)26-14-8-10-15(29-2)11-9-14)19(27-22(25-13)23-12-24-27)16-6-5-7-17(30-3)20(16)31-4/h5-12,19H,1-4H3,(H,26,28)(H,23,24,25)/t19-/m1/s1. The van der Waals surface area contributed by atoms with E-state index >= 15 is 0 Å². The number of anilines is 2. The molecule has 1 amide bonds. The number of amides is 1. The van der Waals surface area contributed by atoms with E-state index in [1.807, 2.05) is 19.1 Å². The molecule has 1 aromatic heterocycles. The molecule has 4 rings (SSSR count). The van der Waals surface area contributed by atoms with Crippen molar-refractivity contribution in [3.63, 3.8) is 0 Å². The van der Waals surface area contributed by atoms with Gasteiger partial charge < -0.3 is 24.8 Å². The van der Waals surface area contributed by atoms with Crippen molar-refractivity contribution in [3.8, 4) is 17.2 Å². The van der Waals surface area contributed by atoms with Crippen molar-refractivity contribution >= 4 is 17.5 Å². The maximum atomic E-state index is 13.4. The number of rotatable bonds is 6. The number of benzene rings is 2. The van der Waals surface area contributed by atoms with E-state index in [0.717, 1.165) is 5.56 Å². The van der Waals surface area contributed by atoms with Crippen LogP contribution in [-0.2, 0) is 4.79 Å². The zero-order chi connectivity index (χ0) is 22.0. The number of carbonyl (C=O) groups excluding carboxylic acids is 1. The fourth-order valence-electron chi connectivity index (χ4n) is 3.67. The topological polar surface area (TPSA) is 99.5 Å². The van der Waals surface area contributed by atoms with Gasteiger partial charge in [-0.3, -0.25) is 4.79 Å². The molecule has 9 heteroatoms. The molecule has 0 radical (unpaired) electrons. The maximum absolute atomic E-state index is 13.4. The van der Waals surface area contributed by atoms with Crippen molar-refractivity contribution in [2.45, 2.75) is 13.0 Å². The van der Waals surface area contributed by atoms with Crippen molar-refractivity contribution in [1.82, 2.24) is 14.8 Å². The SMILES string of the molecule is COc1ccc(NC(=O)C2=C(C)Nc3ncnn3[C@@H]2c2cccc(OC)c2OC)cc1. The fourth-order valence-corrected chi connectivity index (χ4v) is 3.67. The van der Waals surface area contributed by atoms with E-state index in [9.17, 15) is 4.79 Å². The van der Waals surface area contributed by atoms with Gasteiger partial charge in [0.25, 0.3) is 5.91 Å². The minimum Gasteiger partial charge on any atom is -0.497 e. The first kappa shape index (κ1) is 20.3. The predicted octanol–water partition coefficient (Wildman–Crippen LogP) is 3.23. The molecule has 2 aromatic carbocycles. The number of hydrogen-bond donors (Lipinski definition) is 2. The lowest BCUT2D eigenvalue weighted by molar-refractivity contribution is -0.113. The van der Waals surface area contributed by atoms with Gasteiger partial charge in [0.05, 0.1) is 26.9 Å². The molecule has 0 aliphatic carbocycles. The number of aromatic nitrogens is 3. The van der Waals surface area contributed by atoms with Gasteiger partial charge in [-0.25, -0.2) is 4.68 Å². The Hall–Kier alpha value is -4.01. The van der Waals surface area contributed by atoms with Gasteiger partial charge in [0.2, 0.25) is 5.95 Å². The van der Waals surface area contributed by atoms with Gasteiger partial charge >= 0.3 is 0 Å². The van der Waals surface area contributed by atoms with Crippen LogP contribution in [0.1, 0.15) is 18.5 Å². The molecule has 0 bridgehead atoms. The van der Waals surface area contributed by atoms with Gasteiger partial charge in [0.1, 0.15) is 18.1 Å². The molecule has 9 nitrogen and oxygen atoms in total. The summed E-state index contributed by atoms with van der Waals surface area (Å²) in [6, 6.07) is 12.1. The van der Waals surface area contributed by atoms with E-state index in [-0.39, 0.29) is 5.91 Å². The molecule has 2 heterocycles. The van der Waals surface area contributed by atoms with Crippen molar-refractivity contribution in [2.75, 3.05) is 32.0 Å². The quantitative estimate of drug-likeness (QED) is 0.630. The Morgan fingerprint density at radius 3 is 2.52 bits per heavy atom. The number of nitrogens with zero attached hydrogens (tertiary/aromatic N) is 3. The first-order valence-corrected chi connectivity index (χ1v) is 9.61. The summed E-state index contributed by atoms with van der Waals surface area (Å²) in [6.45, 7) is 1.83. The van der Waals surface area contributed by atoms with Crippen molar-refractivity contribution in [2.24, 2.45) is 0 Å². The van der Waals surface area contributed by atoms with E-state index in [1.165, 1.54) is 6.33 Å². The molecule has 160 valence electrons. The van der Waals surface area contributed by atoms with Crippen molar-refractivity contribution in [1.29, 1.82) is 0 Å². The van der Waals surface area contributed by atoms with Crippen LogP contribution < -0.4 is 24.8 Å². The monoisotopic (exact) mass is 421 g/mol. The van der Waals surface area contributed by atoms with Crippen molar-refractivity contribution in [3.05, 3.63) is 65.6 Å². The Morgan fingerprint density at radius 1 is 1.06 bits per heavy atom. The molecular weight excluding hydrogens is 398 g/mol. The second-order valence-electron chi connectivity index (χ2n) is 6.86. The second-order valence-corrected chi connectivity index (χ2v) is 6.86. The van der Waals surface area contributed by atoms with Crippen molar-refractivity contribution < 1.29 is 19.0 Å². The average molecular weight is 421 g/mol. The molecule has 31 heavy (non-hydrogen) atoms. The van der Waals surface area contributed by atoms with E-state index < -0.39 is 6.04 Å². The van der Waals surface area contributed by atoms with Crippen LogP contribution in [0.25, 0.3) is 0 Å². The summed E-state index contributed by atoms with van der Waals surface area (Å²) in [5.74, 6) is 2.06. The van der Waals surface area contributed by atoms with Gasteiger partial charge in [-0.15, -0.1) is 0 Å². The lowest BCUT2D eigenvalue weighted by Crippen LogP contribution is -2.31. The highest BCUT2D eigenvalue weighted by Crippen LogP contribution is 2.42. The highest BCUT2D eigenvalue weighted by molar-refractivity contribution is 6.06. The van der Waals surface area contributed by atoms with Gasteiger partial charge in [-0.2, -0.15) is 10.1 Å². The third-order valence-electron chi connectivity index (χ3n) is 5.11. The van der Waals surface area contributed by atoms with E-state index in [2.05, 4.69) is 20.7 Å². The summed E-state index contributed by atoms with van der Waals surface area (Å²) >= 11 is 0. The largest absolute Gasteiger partial charge is 0.497 e. The lowest BCUT2D eigenvalue weighted by Gasteiger charge is -2.30. The molecule has 2 N–H and O–H groups in total. The summed E-state index contributed by atoms with van der Waals surface area (Å²) in [5, 5.41) is 10.5. The van der Waals surface area contributed by atoms with E-state index in [0.29, 0.717) is 40.2 Å². The molecule has 0 saturated heterocycles. The Labute approximate surface area is 179 Å². The lowest BCUT2D eigenvalue weighted by atomic mass is 9.94. The number of allylic oxidation sites excluding steroid dienone is 1. The van der Waals surface area contributed by atoms with Gasteiger partial charge in [-0.05, 0) is 37.3 Å². The summed E-state index contributed by atoms with van der Waals surface area (Å²) < 4.78 is 18.0. The van der Waals surface area contributed by atoms with E-state index in [1.54, 1.807) is 56.3 Å². The number of ether oxygens (including phenoxy) is 3. The van der Waals surface area contributed by atoms with Crippen LogP contribution >= 0.6 is 0 Å². The van der Waals surface area contributed by atoms with Crippen LogP contribution in [0.4, 0.5) is 11.6 Å². The third kappa shape index (κ3) is 3.65. The minimum atomic E-state index is -0.568. The summed E-state index contributed by atoms with van der Waals surface area (Å²) in [6.07, 6.45) is 1.44. The number of hydrogen-bond acceptors (Lipinski definition) is 7. The number of carbonyl (C=O) groups is 1.